The summed E-state index contributed by atoms with van der Waals surface area (Å²) in [6.07, 6.45) is 6.21. The van der Waals surface area contributed by atoms with Crippen molar-refractivity contribution in [3.63, 3.8) is 0 Å². The number of aryl methyl sites for hydroxylation is 1. The Bertz CT molecular complexity index is 1280. The summed E-state index contributed by atoms with van der Waals surface area (Å²) >= 11 is 0. The number of likely N-dealkylation sites (tertiary alicyclic amines) is 1. The van der Waals surface area contributed by atoms with Crippen molar-refractivity contribution in [3.8, 4) is 11.6 Å². The van der Waals surface area contributed by atoms with Crippen LogP contribution in [0, 0.1) is 6.92 Å². The zero-order valence-corrected chi connectivity index (χ0v) is 21.2. The Balaban J connectivity index is 1.43. The first-order chi connectivity index (χ1) is 18.0. The fourth-order valence-electron chi connectivity index (χ4n) is 4.39. The van der Waals surface area contributed by atoms with Gasteiger partial charge in [-0.1, -0.05) is 6.58 Å². The third kappa shape index (κ3) is 5.57. The minimum absolute atomic E-state index is 0.299. The van der Waals surface area contributed by atoms with Crippen LogP contribution in [0.4, 0.5) is 23.0 Å². The molecule has 2 aliphatic rings. The summed E-state index contributed by atoms with van der Waals surface area (Å²) in [5, 5.41) is 10.8. The number of carbonyl (C=O) groups is 1. The first kappa shape index (κ1) is 24.7. The summed E-state index contributed by atoms with van der Waals surface area (Å²) in [6, 6.07) is 5.54. The van der Waals surface area contributed by atoms with Crippen molar-refractivity contribution >= 4 is 28.9 Å². The van der Waals surface area contributed by atoms with Crippen LogP contribution in [0.5, 0.6) is 5.75 Å². The molecule has 11 nitrogen and oxygen atoms in total. The molecule has 2 N–H and O–H groups in total. The lowest BCUT2D eigenvalue weighted by molar-refractivity contribution is -0.111. The summed E-state index contributed by atoms with van der Waals surface area (Å²) in [6.45, 7) is 11.4. The van der Waals surface area contributed by atoms with E-state index in [4.69, 9.17) is 9.47 Å². The predicted octanol–water partition coefficient (Wildman–Crippen LogP) is 2.89. The molecule has 0 aliphatic carbocycles. The summed E-state index contributed by atoms with van der Waals surface area (Å²) in [7, 11) is 1.61. The summed E-state index contributed by atoms with van der Waals surface area (Å²) in [5.41, 5.74) is 4.27. The number of nitrogens with zero attached hydrogens (tertiary/aromatic N) is 6. The van der Waals surface area contributed by atoms with Gasteiger partial charge in [0.2, 0.25) is 11.9 Å². The number of amides is 1. The molecular weight excluding hydrogens is 472 g/mol. The minimum atomic E-state index is -0.299. The zero-order valence-electron chi connectivity index (χ0n) is 21.2. The molecule has 0 unspecified atom stereocenters. The van der Waals surface area contributed by atoms with Gasteiger partial charge in [-0.3, -0.25) is 9.69 Å². The Morgan fingerprint density at radius 2 is 2.03 bits per heavy atom. The van der Waals surface area contributed by atoms with E-state index in [2.05, 4.69) is 42.1 Å². The lowest BCUT2D eigenvalue weighted by atomic mass is 10.1. The second-order valence-electron chi connectivity index (χ2n) is 9.04. The molecule has 1 aromatic carbocycles. The molecule has 1 amide bonds. The Morgan fingerprint density at radius 1 is 1.22 bits per heavy atom. The number of hydrogen-bond donors (Lipinski definition) is 2. The third-order valence-electron chi connectivity index (χ3n) is 6.58. The van der Waals surface area contributed by atoms with Gasteiger partial charge >= 0.3 is 0 Å². The Kier molecular flexibility index (Phi) is 7.33. The number of rotatable bonds is 9. The van der Waals surface area contributed by atoms with Crippen LogP contribution in [-0.2, 0) is 16.1 Å². The normalized spacial score (nSPS) is 15.7. The van der Waals surface area contributed by atoms with Crippen LogP contribution in [0.3, 0.4) is 0 Å². The zero-order chi connectivity index (χ0) is 25.8. The Hall–Kier alpha value is -3.96. The number of anilines is 4. The van der Waals surface area contributed by atoms with Gasteiger partial charge in [0.05, 0.1) is 43.1 Å². The SMILES string of the molecule is C=CC(=O)Nc1cc(Nc2nccc(-n3cc(CN4CCC4)c(C)n3)n2)c(OC)cc1N1CCOCC1. The Labute approximate surface area is 216 Å². The van der Waals surface area contributed by atoms with E-state index < -0.39 is 0 Å². The van der Waals surface area contributed by atoms with Crippen LogP contribution in [0.15, 0.2) is 43.2 Å². The molecule has 194 valence electrons. The van der Waals surface area contributed by atoms with Crippen LogP contribution in [0.1, 0.15) is 17.7 Å². The molecule has 11 heteroatoms. The lowest BCUT2D eigenvalue weighted by Gasteiger charge is -2.31. The number of nitrogens with one attached hydrogen (secondary N) is 2. The number of carbonyl (C=O) groups excluding carboxylic acids is 1. The van der Waals surface area contributed by atoms with Crippen LogP contribution in [-0.4, -0.2) is 77.1 Å². The van der Waals surface area contributed by atoms with Gasteiger partial charge in [-0.25, -0.2) is 9.67 Å². The second-order valence-corrected chi connectivity index (χ2v) is 9.04. The van der Waals surface area contributed by atoms with Crippen molar-refractivity contribution < 1.29 is 14.3 Å². The molecule has 5 rings (SSSR count). The van der Waals surface area contributed by atoms with E-state index in [1.54, 1.807) is 18.0 Å². The number of benzene rings is 1. The fraction of sp³-hybridized carbons (Fsp3) is 0.385. The second kappa shape index (κ2) is 11.0. The molecule has 37 heavy (non-hydrogen) atoms. The molecule has 0 spiro atoms. The first-order valence-electron chi connectivity index (χ1n) is 12.4. The Morgan fingerprint density at radius 3 is 2.73 bits per heavy atom. The molecule has 2 aromatic heterocycles. The van der Waals surface area contributed by atoms with Gasteiger partial charge in [-0.2, -0.15) is 10.1 Å². The van der Waals surface area contributed by atoms with E-state index in [9.17, 15) is 4.79 Å². The van der Waals surface area contributed by atoms with Gasteiger partial charge in [-0.05, 0) is 38.6 Å². The number of aromatic nitrogens is 4. The molecule has 3 aromatic rings. The van der Waals surface area contributed by atoms with Gasteiger partial charge in [0, 0.05) is 49.7 Å². The van der Waals surface area contributed by atoms with Crippen molar-refractivity contribution in [3.05, 3.63) is 54.5 Å². The van der Waals surface area contributed by atoms with Crippen molar-refractivity contribution in [2.24, 2.45) is 0 Å². The smallest absolute Gasteiger partial charge is 0.247 e. The highest BCUT2D eigenvalue weighted by atomic mass is 16.5. The maximum Gasteiger partial charge on any atom is 0.247 e. The minimum Gasteiger partial charge on any atom is -0.494 e. The topological polar surface area (TPSA) is 110 Å². The highest BCUT2D eigenvalue weighted by Crippen LogP contribution is 2.38. The van der Waals surface area contributed by atoms with E-state index >= 15 is 0 Å². The molecule has 2 aliphatic heterocycles. The average Bonchev–Trinajstić information content (AvgIpc) is 3.27. The highest BCUT2D eigenvalue weighted by Gasteiger charge is 2.20. The number of morpholine rings is 1. The number of ether oxygens (including phenoxy) is 2. The van der Waals surface area contributed by atoms with Crippen molar-refractivity contribution in [2.45, 2.75) is 19.9 Å². The van der Waals surface area contributed by atoms with Gasteiger partial charge < -0.3 is 25.0 Å². The molecule has 2 fully saturated rings. The van der Waals surface area contributed by atoms with Crippen molar-refractivity contribution in [1.29, 1.82) is 0 Å². The number of methoxy groups -OCH3 is 1. The molecule has 0 radical (unpaired) electrons. The molecular formula is C26H32N8O3. The van der Waals surface area contributed by atoms with Crippen LogP contribution in [0.2, 0.25) is 0 Å². The number of hydrogen-bond acceptors (Lipinski definition) is 9. The lowest BCUT2D eigenvalue weighted by Crippen LogP contribution is -2.36. The van der Waals surface area contributed by atoms with Crippen molar-refractivity contribution in [2.75, 3.05) is 62.0 Å². The van der Waals surface area contributed by atoms with E-state index in [1.807, 2.05) is 31.3 Å². The predicted molar refractivity (Wildman–Crippen MR) is 142 cm³/mol. The third-order valence-corrected chi connectivity index (χ3v) is 6.58. The van der Waals surface area contributed by atoms with E-state index in [-0.39, 0.29) is 5.91 Å². The van der Waals surface area contributed by atoms with Crippen LogP contribution in [0.25, 0.3) is 5.82 Å². The average molecular weight is 505 g/mol. The van der Waals surface area contributed by atoms with Gasteiger partial charge in [-0.15, -0.1) is 0 Å². The highest BCUT2D eigenvalue weighted by molar-refractivity contribution is 6.02. The molecule has 2 saturated heterocycles. The van der Waals surface area contributed by atoms with Gasteiger partial charge in [0.25, 0.3) is 0 Å². The summed E-state index contributed by atoms with van der Waals surface area (Å²) < 4.78 is 13.0. The van der Waals surface area contributed by atoms with Gasteiger partial charge in [0.15, 0.2) is 5.82 Å². The molecule has 0 saturated carbocycles. The molecule has 0 atom stereocenters. The standard InChI is InChI=1S/C26H32N8O3/c1-4-25(35)28-20-14-21(23(36-3)15-22(20)33-10-12-37-13-11-33)29-26-27-7-6-24(30-26)34-17-19(18(2)31-34)16-32-8-5-9-32/h4,6-7,14-15,17H,1,5,8-13,16H2,2-3H3,(H,28,35)(H,27,29,30). The maximum atomic E-state index is 12.2. The van der Waals surface area contributed by atoms with Crippen LogP contribution >= 0.6 is 0 Å². The van der Waals surface area contributed by atoms with E-state index in [1.165, 1.54) is 18.1 Å². The largest absolute Gasteiger partial charge is 0.494 e. The van der Waals surface area contributed by atoms with E-state index in [0.717, 1.165) is 31.0 Å². The summed E-state index contributed by atoms with van der Waals surface area (Å²) in [4.78, 5) is 25.8. The molecule has 0 bridgehead atoms. The van der Waals surface area contributed by atoms with Gasteiger partial charge in [0.1, 0.15) is 5.75 Å². The summed E-state index contributed by atoms with van der Waals surface area (Å²) in [5.74, 6) is 1.33. The molecule has 4 heterocycles. The maximum absolute atomic E-state index is 12.2. The fourth-order valence-corrected chi connectivity index (χ4v) is 4.39. The van der Waals surface area contributed by atoms with Crippen LogP contribution < -0.4 is 20.3 Å². The van der Waals surface area contributed by atoms with Crippen molar-refractivity contribution in [1.82, 2.24) is 24.6 Å². The first-order valence-corrected chi connectivity index (χ1v) is 12.4. The quantitative estimate of drug-likeness (QED) is 0.425. The monoisotopic (exact) mass is 504 g/mol. The van der Waals surface area contributed by atoms with E-state index in [0.29, 0.717) is 55.2 Å².